The minimum absolute atomic E-state index is 0.0657. The average molecular weight is 819 g/mol. The van der Waals surface area contributed by atoms with Gasteiger partial charge in [0.25, 0.3) is 0 Å². The molecular weight excluding hydrogens is 739 g/mol. The molecule has 0 amide bonds. The first-order valence-electron chi connectivity index (χ1n) is 22.2. The van der Waals surface area contributed by atoms with E-state index in [1.165, 1.54) is 83.5 Å². The number of hydrogen-bond acceptors (Lipinski definition) is 10. The third-order valence-electron chi connectivity index (χ3n) is 10.8. The third-order valence-corrected chi connectivity index (χ3v) is 11.3. The van der Waals surface area contributed by atoms with Gasteiger partial charge >= 0.3 is 19.8 Å². The van der Waals surface area contributed by atoms with Crippen LogP contribution in [0.25, 0.3) is 0 Å². The summed E-state index contributed by atoms with van der Waals surface area (Å²) in [6.07, 6.45) is 25.6. The summed E-state index contributed by atoms with van der Waals surface area (Å²) in [5, 5.41) is 31.2. The fourth-order valence-corrected chi connectivity index (χ4v) is 7.73. The second-order valence-corrected chi connectivity index (χ2v) is 17.2. The summed E-state index contributed by atoms with van der Waals surface area (Å²) in [4.78, 5) is 55.9. The first-order chi connectivity index (χ1) is 26.9. The number of unbranched alkanes of at least 4 members (excludes halogenated alkanes) is 19. The summed E-state index contributed by atoms with van der Waals surface area (Å²) in [5.74, 6) is -2.18. The van der Waals surface area contributed by atoms with Crippen LogP contribution >= 0.6 is 7.82 Å². The van der Waals surface area contributed by atoms with Gasteiger partial charge in [-0.25, -0.2) is 4.57 Å². The number of Topliss-reactive ketones (excluding diaryl/α,β-unsaturated/α-hetero) is 1. The molecule has 0 radical (unpaired) electrons. The Labute approximate surface area is 338 Å². The molecule has 12 nitrogen and oxygen atoms in total. The number of rotatable bonds is 37. The molecule has 0 saturated heterocycles. The first-order valence-corrected chi connectivity index (χ1v) is 23.7. The topological polar surface area (TPSA) is 197 Å². The maximum Gasteiger partial charge on any atom is 0.469 e. The van der Waals surface area contributed by atoms with E-state index in [1.54, 1.807) is 12.2 Å². The number of aliphatic hydroxyl groups is 3. The monoisotopic (exact) mass is 819 g/mol. The number of carbonyl (C=O) groups excluding carboxylic acids is 3. The molecule has 0 bridgehead atoms. The second kappa shape index (κ2) is 33.2. The van der Waals surface area contributed by atoms with Crippen molar-refractivity contribution in [2.45, 2.75) is 218 Å². The number of ether oxygens (including phenoxy) is 2. The maximum atomic E-state index is 12.8. The van der Waals surface area contributed by atoms with E-state index in [0.717, 1.165) is 38.5 Å². The molecule has 56 heavy (non-hydrogen) atoms. The van der Waals surface area contributed by atoms with E-state index >= 15 is 0 Å². The lowest BCUT2D eigenvalue weighted by molar-refractivity contribution is -0.161. The third kappa shape index (κ3) is 28.7. The highest BCUT2D eigenvalue weighted by Crippen LogP contribution is 2.37. The maximum absolute atomic E-state index is 12.8. The molecule has 1 aliphatic carbocycles. The number of hydrogen-bond donors (Lipinski definition) is 5. The van der Waals surface area contributed by atoms with Crippen molar-refractivity contribution in [1.82, 2.24) is 0 Å². The summed E-state index contributed by atoms with van der Waals surface area (Å²) in [5.41, 5.74) is 0. The van der Waals surface area contributed by atoms with Gasteiger partial charge in [-0.2, -0.15) is 0 Å². The summed E-state index contributed by atoms with van der Waals surface area (Å²) in [7, 11) is -4.86. The smallest absolute Gasteiger partial charge is 0.462 e. The molecule has 13 heteroatoms. The van der Waals surface area contributed by atoms with Crippen molar-refractivity contribution in [1.29, 1.82) is 0 Å². The predicted octanol–water partition coefficient (Wildman–Crippen LogP) is 8.97. The van der Waals surface area contributed by atoms with E-state index in [-0.39, 0.29) is 37.9 Å². The van der Waals surface area contributed by atoms with Gasteiger partial charge in [0.15, 0.2) is 6.10 Å². The molecular formula is C43H79O12P. The Hall–Kier alpha value is -1.66. The van der Waals surface area contributed by atoms with Gasteiger partial charge in [0.1, 0.15) is 12.4 Å². The van der Waals surface area contributed by atoms with Crippen molar-refractivity contribution in [3.63, 3.8) is 0 Å². The molecule has 1 aliphatic rings. The van der Waals surface area contributed by atoms with Crippen LogP contribution in [0.5, 0.6) is 0 Å². The van der Waals surface area contributed by atoms with Crippen LogP contribution in [-0.2, 0) is 32.9 Å². The molecule has 0 heterocycles. The highest BCUT2D eigenvalue weighted by Gasteiger charge is 2.41. The van der Waals surface area contributed by atoms with Crippen LogP contribution in [0.15, 0.2) is 12.2 Å². The van der Waals surface area contributed by atoms with Crippen molar-refractivity contribution in [3.05, 3.63) is 12.2 Å². The highest BCUT2D eigenvalue weighted by molar-refractivity contribution is 7.46. The van der Waals surface area contributed by atoms with Gasteiger partial charge in [-0.3, -0.25) is 18.9 Å². The molecule has 0 aromatic heterocycles. The molecule has 1 fully saturated rings. The Balaban J connectivity index is 2.27. The summed E-state index contributed by atoms with van der Waals surface area (Å²) in [6, 6.07) is 0. The Morgan fingerprint density at radius 1 is 0.661 bits per heavy atom. The van der Waals surface area contributed by atoms with Gasteiger partial charge in [-0.05, 0) is 25.7 Å². The van der Waals surface area contributed by atoms with E-state index < -0.39 is 69.2 Å². The zero-order valence-corrected chi connectivity index (χ0v) is 35.8. The Bertz CT molecular complexity index is 1090. The van der Waals surface area contributed by atoms with E-state index in [2.05, 4.69) is 18.4 Å². The van der Waals surface area contributed by atoms with Crippen LogP contribution in [0.1, 0.15) is 194 Å². The zero-order valence-electron chi connectivity index (χ0n) is 34.9. The van der Waals surface area contributed by atoms with E-state index in [0.29, 0.717) is 25.7 Å². The Morgan fingerprint density at radius 2 is 1.14 bits per heavy atom. The standard InChI is InChI=1S/C43H79O12P/c1-3-5-7-8-9-10-11-12-13-14-15-16-17-18-19-20-22-27-42(48)53-33-37(34-54-56(50,51)52)55-43(49)28-24-23-26-36(45)31-39-38(40(46)32-41(39)47)30-29-35(44)25-21-6-4-2/h29-30,35,37-41,44,46-47H,3-28,31-34H2,1-2H3,(H2,50,51,52)/b30-29+/t35-,37+,38+,39+,40+,41-/m0/s1. The van der Waals surface area contributed by atoms with Crippen LogP contribution in [0.2, 0.25) is 0 Å². The minimum atomic E-state index is -4.86. The molecule has 0 spiro atoms. The lowest BCUT2D eigenvalue weighted by Gasteiger charge is -2.20. The van der Waals surface area contributed by atoms with Crippen molar-refractivity contribution >= 4 is 25.5 Å². The van der Waals surface area contributed by atoms with E-state index in [4.69, 9.17) is 19.3 Å². The van der Waals surface area contributed by atoms with Gasteiger partial charge in [-0.15, -0.1) is 0 Å². The van der Waals surface area contributed by atoms with Gasteiger partial charge in [0.2, 0.25) is 0 Å². The van der Waals surface area contributed by atoms with Gasteiger partial charge < -0.3 is 34.6 Å². The molecule has 5 N–H and O–H groups in total. The van der Waals surface area contributed by atoms with Crippen LogP contribution in [0.3, 0.4) is 0 Å². The van der Waals surface area contributed by atoms with Crippen molar-refractivity contribution in [3.8, 4) is 0 Å². The number of phosphoric acid groups is 1. The van der Waals surface area contributed by atoms with Gasteiger partial charge in [-0.1, -0.05) is 148 Å². The van der Waals surface area contributed by atoms with Crippen LogP contribution < -0.4 is 0 Å². The molecule has 1 rings (SSSR count). The molecule has 0 unspecified atom stereocenters. The molecule has 328 valence electrons. The Kier molecular flexibility index (Phi) is 31.0. The number of aliphatic hydroxyl groups excluding tert-OH is 3. The van der Waals surface area contributed by atoms with Gasteiger partial charge in [0.05, 0.1) is 24.9 Å². The predicted molar refractivity (Wildman–Crippen MR) is 219 cm³/mol. The van der Waals surface area contributed by atoms with Crippen molar-refractivity contribution in [2.24, 2.45) is 11.8 Å². The van der Waals surface area contributed by atoms with Crippen molar-refractivity contribution < 1.29 is 58.1 Å². The zero-order chi connectivity index (χ0) is 41.4. The molecule has 6 atom stereocenters. The largest absolute Gasteiger partial charge is 0.469 e. The highest BCUT2D eigenvalue weighted by atomic mass is 31.2. The number of esters is 2. The van der Waals surface area contributed by atoms with Crippen LogP contribution in [0.4, 0.5) is 0 Å². The normalized spacial score (nSPS) is 19.7. The summed E-state index contributed by atoms with van der Waals surface area (Å²) < 4.78 is 26.3. The fraction of sp³-hybridized carbons (Fsp3) is 0.884. The second-order valence-electron chi connectivity index (χ2n) is 16.0. The van der Waals surface area contributed by atoms with E-state index in [9.17, 15) is 34.3 Å². The summed E-state index contributed by atoms with van der Waals surface area (Å²) >= 11 is 0. The van der Waals surface area contributed by atoms with E-state index in [1.807, 2.05) is 0 Å². The minimum Gasteiger partial charge on any atom is -0.462 e. The summed E-state index contributed by atoms with van der Waals surface area (Å²) in [6.45, 7) is 3.28. The fourth-order valence-electron chi connectivity index (χ4n) is 7.37. The lowest BCUT2D eigenvalue weighted by Crippen LogP contribution is -2.29. The first kappa shape index (κ1) is 52.4. The molecule has 1 saturated carbocycles. The quantitative estimate of drug-likeness (QED) is 0.0173. The van der Waals surface area contributed by atoms with Crippen LogP contribution in [-0.4, -0.2) is 80.5 Å². The lowest BCUT2D eigenvalue weighted by atomic mass is 9.87. The number of ketones is 1. The van der Waals surface area contributed by atoms with Crippen molar-refractivity contribution in [2.75, 3.05) is 13.2 Å². The molecule has 0 aromatic rings. The SMILES string of the molecule is CCCCCCCCCCCCCCCCCCCC(=O)OC[C@H](COP(=O)(O)O)OC(=O)CCCCC(=O)C[C@@H]1[C@@H](/C=C/[C@@H](O)CCCCC)[C@H](O)C[C@@H]1O. The van der Waals surface area contributed by atoms with Crippen LogP contribution in [0, 0.1) is 11.8 Å². The molecule has 0 aliphatic heterocycles. The van der Waals surface area contributed by atoms with Gasteiger partial charge in [0, 0.05) is 43.9 Å². The number of carbonyl (C=O) groups is 3. The Morgan fingerprint density at radius 3 is 1.70 bits per heavy atom. The average Bonchev–Trinajstić information content (AvgIpc) is 3.41. The number of phosphoric ester groups is 1. The molecule has 0 aromatic carbocycles.